The van der Waals surface area contributed by atoms with E-state index in [2.05, 4.69) is 53.1 Å². The van der Waals surface area contributed by atoms with Crippen LogP contribution in [0.3, 0.4) is 0 Å². The van der Waals surface area contributed by atoms with Crippen molar-refractivity contribution in [3.63, 3.8) is 0 Å². The number of piperidine rings is 1. The topological polar surface area (TPSA) is 73.4 Å². The minimum Gasteiger partial charge on any atom is -0.488 e. The van der Waals surface area contributed by atoms with Crippen LogP contribution < -0.4 is 9.64 Å². The Labute approximate surface area is 274 Å². The fourth-order valence-electron chi connectivity index (χ4n) is 7.04. The lowest BCUT2D eigenvalue weighted by atomic mass is 9.93. The van der Waals surface area contributed by atoms with E-state index in [-0.39, 0.29) is 18.0 Å². The molecule has 0 aliphatic carbocycles. The first kappa shape index (κ1) is 32.5. The molecule has 246 valence electrons. The highest BCUT2D eigenvalue weighted by Crippen LogP contribution is 2.35. The Hall–Kier alpha value is -3.46. The number of rotatable bonds is 8. The summed E-state index contributed by atoms with van der Waals surface area (Å²) in [6.45, 7) is 13.4. The van der Waals surface area contributed by atoms with Crippen molar-refractivity contribution in [2.45, 2.75) is 84.3 Å². The average Bonchev–Trinajstić information content (AvgIpc) is 3.06. The van der Waals surface area contributed by atoms with E-state index in [4.69, 9.17) is 23.9 Å². The third-order valence-electron chi connectivity index (χ3n) is 9.52. The van der Waals surface area contributed by atoms with Crippen LogP contribution in [0.15, 0.2) is 54.6 Å². The Bertz CT molecular complexity index is 1510. The Morgan fingerprint density at radius 1 is 1.00 bits per heavy atom. The number of aromatic nitrogens is 1. The lowest BCUT2D eigenvalue weighted by Gasteiger charge is -2.38. The van der Waals surface area contributed by atoms with E-state index in [0.29, 0.717) is 32.2 Å². The third-order valence-corrected chi connectivity index (χ3v) is 9.52. The van der Waals surface area contributed by atoms with Crippen LogP contribution in [-0.2, 0) is 38.6 Å². The maximum Gasteiger partial charge on any atom is 0.312 e. The Morgan fingerprint density at radius 2 is 1.80 bits per heavy atom. The van der Waals surface area contributed by atoms with Crippen LogP contribution in [0.5, 0.6) is 5.75 Å². The van der Waals surface area contributed by atoms with Crippen molar-refractivity contribution in [3.8, 4) is 17.0 Å². The first-order valence-electron chi connectivity index (χ1n) is 16.8. The summed E-state index contributed by atoms with van der Waals surface area (Å²) in [6.07, 6.45) is 3.72. The molecule has 3 aromatic rings. The van der Waals surface area contributed by atoms with Crippen LogP contribution in [0.4, 0.5) is 5.82 Å². The predicted octanol–water partition coefficient (Wildman–Crippen LogP) is 6.36. The smallest absolute Gasteiger partial charge is 0.312 e. The Morgan fingerprint density at radius 3 is 2.59 bits per heavy atom. The fourth-order valence-corrected chi connectivity index (χ4v) is 7.04. The van der Waals surface area contributed by atoms with E-state index in [9.17, 15) is 4.79 Å². The quantitative estimate of drug-likeness (QED) is 0.268. The Balaban J connectivity index is 1.14. The summed E-state index contributed by atoms with van der Waals surface area (Å²) in [5.41, 5.74) is 6.44. The Kier molecular flexibility index (Phi) is 9.97. The standard InChI is InChI=1S/C38H49N3O5/c1-26-8-6-9-31(33-10-7-11-35(39-33)41-19-15-32(34(24-41)43-5)37(42)46-38(2,3)4)36(26)45-25-27-12-13-29-23-40(18-14-28(29)22-27)30-16-20-44-21-17-30/h6-13,22,30,32,34H,14-21,23-25H2,1-5H3. The van der Waals surface area contributed by atoms with Gasteiger partial charge in [-0.1, -0.05) is 36.4 Å². The van der Waals surface area contributed by atoms with E-state index in [1.165, 1.54) is 16.7 Å². The summed E-state index contributed by atoms with van der Waals surface area (Å²) in [5, 5.41) is 0. The van der Waals surface area contributed by atoms with Gasteiger partial charge in [0.2, 0.25) is 0 Å². The maximum absolute atomic E-state index is 12.9. The van der Waals surface area contributed by atoms with Gasteiger partial charge in [-0.05, 0) is 93.8 Å². The number of benzene rings is 2. The normalized spacial score (nSPS) is 21.1. The molecule has 8 heteroatoms. The van der Waals surface area contributed by atoms with Gasteiger partial charge in [-0.2, -0.15) is 0 Å². The van der Waals surface area contributed by atoms with Crippen LogP contribution >= 0.6 is 0 Å². The molecule has 3 aliphatic rings. The fraction of sp³-hybridized carbons (Fsp3) is 0.526. The molecular formula is C38H49N3O5. The molecule has 0 amide bonds. The van der Waals surface area contributed by atoms with Gasteiger partial charge in [0, 0.05) is 58.1 Å². The largest absolute Gasteiger partial charge is 0.488 e. The van der Waals surface area contributed by atoms with E-state index >= 15 is 0 Å². The second-order valence-corrected chi connectivity index (χ2v) is 13.9. The third kappa shape index (κ3) is 7.56. The molecule has 1 aromatic heterocycles. The van der Waals surface area contributed by atoms with Gasteiger partial charge >= 0.3 is 5.97 Å². The number of anilines is 1. The molecule has 3 aliphatic heterocycles. The summed E-state index contributed by atoms with van der Waals surface area (Å²) < 4.78 is 23.6. The predicted molar refractivity (Wildman–Crippen MR) is 180 cm³/mol. The van der Waals surface area contributed by atoms with Crippen molar-refractivity contribution in [1.29, 1.82) is 0 Å². The minimum atomic E-state index is -0.525. The molecule has 2 unspecified atom stereocenters. The van der Waals surface area contributed by atoms with Crippen LogP contribution in [0.25, 0.3) is 11.3 Å². The number of para-hydroxylation sites is 1. The van der Waals surface area contributed by atoms with E-state index < -0.39 is 5.60 Å². The number of carbonyl (C=O) groups excluding carboxylic acids is 1. The summed E-state index contributed by atoms with van der Waals surface area (Å²) in [4.78, 5) is 22.8. The number of esters is 1. The van der Waals surface area contributed by atoms with E-state index in [0.717, 1.165) is 74.0 Å². The first-order valence-corrected chi connectivity index (χ1v) is 16.8. The van der Waals surface area contributed by atoms with E-state index in [1.807, 2.05) is 39.0 Å². The zero-order valence-corrected chi connectivity index (χ0v) is 28.1. The molecule has 0 N–H and O–H groups in total. The number of hydrogen-bond donors (Lipinski definition) is 0. The number of fused-ring (bicyclic) bond motifs is 1. The van der Waals surface area contributed by atoms with Crippen LogP contribution in [-0.4, -0.2) is 73.6 Å². The van der Waals surface area contributed by atoms with Crippen molar-refractivity contribution >= 4 is 11.8 Å². The van der Waals surface area contributed by atoms with Crippen molar-refractivity contribution < 1.29 is 23.7 Å². The molecule has 8 nitrogen and oxygen atoms in total. The number of ether oxygens (including phenoxy) is 4. The second-order valence-electron chi connectivity index (χ2n) is 13.9. The second kappa shape index (κ2) is 14.1. The highest BCUT2D eigenvalue weighted by molar-refractivity contribution is 5.74. The van der Waals surface area contributed by atoms with Gasteiger partial charge < -0.3 is 23.8 Å². The number of hydrogen-bond acceptors (Lipinski definition) is 8. The van der Waals surface area contributed by atoms with Crippen molar-refractivity contribution in [1.82, 2.24) is 9.88 Å². The molecule has 2 aromatic carbocycles. The molecule has 0 radical (unpaired) electrons. The minimum absolute atomic E-state index is 0.196. The van der Waals surface area contributed by atoms with Gasteiger partial charge in [0.15, 0.2) is 0 Å². The van der Waals surface area contributed by atoms with E-state index in [1.54, 1.807) is 7.11 Å². The summed E-state index contributed by atoms with van der Waals surface area (Å²) in [6, 6.07) is 19.8. The van der Waals surface area contributed by atoms with Gasteiger partial charge in [0.25, 0.3) is 0 Å². The molecule has 0 saturated carbocycles. The lowest BCUT2D eigenvalue weighted by Crippen LogP contribution is -2.49. The first-order chi connectivity index (χ1) is 22.2. The molecule has 2 saturated heterocycles. The van der Waals surface area contributed by atoms with Gasteiger partial charge in [0.1, 0.15) is 23.8 Å². The monoisotopic (exact) mass is 627 g/mol. The van der Waals surface area contributed by atoms with Crippen LogP contribution in [0, 0.1) is 12.8 Å². The van der Waals surface area contributed by atoms with Crippen LogP contribution in [0.2, 0.25) is 0 Å². The van der Waals surface area contributed by atoms with Gasteiger partial charge in [0.05, 0.1) is 17.7 Å². The maximum atomic E-state index is 12.9. The van der Waals surface area contributed by atoms with Crippen LogP contribution in [0.1, 0.15) is 62.3 Å². The summed E-state index contributed by atoms with van der Waals surface area (Å²) in [5.74, 6) is 1.22. The molecule has 4 heterocycles. The summed E-state index contributed by atoms with van der Waals surface area (Å²) in [7, 11) is 1.66. The van der Waals surface area contributed by atoms with Gasteiger partial charge in [-0.25, -0.2) is 4.98 Å². The molecule has 6 rings (SSSR count). The molecule has 46 heavy (non-hydrogen) atoms. The lowest BCUT2D eigenvalue weighted by molar-refractivity contribution is -0.165. The molecular weight excluding hydrogens is 578 g/mol. The molecule has 0 bridgehead atoms. The van der Waals surface area contributed by atoms with Gasteiger partial charge in [-0.15, -0.1) is 0 Å². The summed E-state index contributed by atoms with van der Waals surface area (Å²) >= 11 is 0. The number of aryl methyl sites for hydroxylation is 1. The highest BCUT2D eigenvalue weighted by atomic mass is 16.6. The van der Waals surface area contributed by atoms with Crippen molar-refractivity contribution in [2.24, 2.45) is 5.92 Å². The molecule has 2 atom stereocenters. The van der Waals surface area contributed by atoms with Crippen molar-refractivity contribution in [3.05, 3.63) is 76.9 Å². The number of pyridine rings is 1. The molecule has 0 spiro atoms. The molecule has 2 fully saturated rings. The number of methoxy groups -OCH3 is 1. The number of nitrogens with zero attached hydrogens (tertiary/aromatic N) is 3. The average molecular weight is 628 g/mol. The SMILES string of the molecule is COC1CN(c2cccc(-c3cccc(C)c3OCc3ccc4c(c3)CCN(C3CCOCC3)C4)n2)CCC1C(=O)OC(C)(C)C. The highest BCUT2D eigenvalue weighted by Gasteiger charge is 2.37. The number of carbonyl (C=O) groups is 1. The van der Waals surface area contributed by atoms with Crippen molar-refractivity contribution in [2.75, 3.05) is 44.9 Å². The van der Waals surface area contributed by atoms with Gasteiger partial charge in [-0.3, -0.25) is 9.69 Å². The zero-order valence-electron chi connectivity index (χ0n) is 28.1. The zero-order chi connectivity index (χ0) is 32.3.